The second kappa shape index (κ2) is 14.7. The lowest BCUT2D eigenvalue weighted by molar-refractivity contribution is -0.931. The zero-order chi connectivity index (χ0) is 17.7. The molecule has 0 bridgehead atoms. The van der Waals surface area contributed by atoms with Crippen LogP contribution in [0.3, 0.4) is 0 Å². The van der Waals surface area contributed by atoms with E-state index >= 15 is 0 Å². The van der Waals surface area contributed by atoms with Gasteiger partial charge in [-0.3, -0.25) is 0 Å². The molecule has 0 heterocycles. The minimum absolute atomic E-state index is 0. The largest absolute Gasteiger partial charge is 1.00 e. The Bertz CT molecular complexity index is 326. The van der Waals surface area contributed by atoms with Crippen LogP contribution in [0.15, 0.2) is 12.2 Å². The standard InChI is InChI=1S/C19H38NO3.ClH/c1-6-9-12-20(13-10-7-2,14-11-8-3)15-18(21)16-23-19(22)17(4)5;/h18,21H,4,6-16H2,1-3,5H3;1H/q+1;/p-1. The van der Waals surface area contributed by atoms with Crippen molar-refractivity contribution in [3.63, 3.8) is 0 Å². The highest BCUT2D eigenvalue weighted by atomic mass is 35.5. The molecule has 0 saturated carbocycles. The van der Waals surface area contributed by atoms with E-state index in [0.29, 0.717) is 12.1 Å². The van der Waals surface area contributed by atoms with Crippen molar-refractivity contribution in [3.8, 4) is 0 Å². The van der Waals surface area contributed by atoms with Crippen LogP contribution in [0.4, 0.5) is 0 Å². The molecule has 0 radical (unpaired) electrons. The van der Waals surface area contributed by atoms with Gasteiger partial charge < -0.3 is 26.7 Å². The van der Waals surface area contributed by atoms with E-state index in [4.69, 9.17) is 4.74 Å². The molecule has 0 aromatic heterocycles. The van der Waals surface area contributed by atoms with Crippen molar-refractivity contribution < 1.29 is 31.5 Å². The van der Waals surface area contributed by atoms with Gasteiger partial charge in [-0.2, -0.15) is 0 Å². The molecular weight excluding hydrogens is 326 g/mol. The van der Waals surface area contributed by atoms with Gasteiger partial charge in [0, 0.05) is 5.57 Å². The third-order valence-electron chi connectivity index (χ3n) is 4.31. The summed E-state index contributed by atoms with van der Waals surface area (Å²) >= 11 is 0. The van der Waals surface area contributed by atoms with Gasteiger partial charge in [-0.1, -0.05) is 46.6 Å². The number of carbonyl (C=O) groups is 1. The number of hydrogen-bond donors (Lipinski definition) is 1. The van der Waals surface area contributed by atoms with Gasteiger partial charge in [0.25, 0.3) is 0 Å². The lowest BCUT2D eigenvalue weighted by atomic mass is 10.1. The Kier molecular flexibility index (Phi) is 15.8. The van der Waals surface area contributed by atoms with Gasteiger partial charge in [-0.25, -0.2) is 4.79 Å². The molecule has 24 heavy (non-hydrogen) atoms. The number of quaternary nitrogens is 1. The third kappa shape index (κ3) is 11.1. The zero-order valence-electron chi connectivity index (χ0n) is 16.2. The van der Waals surface area contributed by atoms with Gasteiger partial charge in [-0.05, 0) is 26.2 Å². The number of carbonyl (C=O) groups excluding carboxylic acids is 1. The maximum Gasteiger partial charge on any atom is 0.333 e. The molecule has 0 saturated heterocycles. The molecule has 5 heteroatoms. The van der Waals surface area contributed by atoms with Crippen LogP contribution in [0.5, 0.6) is 0 Å². The number of unbranched alkanes of at least 4 members (excludes halogenated alkanes) is 3. The van der Waals surface area contributed by atoms with Gasteiger partial charge in [0.05, 0.1) is 19.6 Å². The summed E-state index contributed by atoms with van der Waals surface area (Å²) in [7, 11) is 0. The summed E-state index contributed by atoms with van der Waals surface area (Å²) in [5.41, 5.74) is 0.376. The molecule has 0 aliphatic heterocycles. The van der Waals surface area contributed by atoms with Gasteiger partial charge in [0.15, 0.2) is 0 Å². The highest BCUT2D eigenvalue weighted by Gasteiger charge is 2.29. The summed E-state index contributed by atoms with van der Waals surface area (Å²) < 4.78 is 6.07. The number of rotatable bonds is 14. The van der Waals surface area contributed by atoms with Gasteiger partial charge in [-0.15, -0.1) is 0 Å². The van der Waals surface area contributed by atoms with E-state index in [1.165, 1.54) is 38.5 Å². The van der Waals surface area contributed by atoms with Crippen molar-refractivity contribution in [2.45, 2.75) is 72.3 Å². The van der Waals surface area contributed by atoms with E-state index in [1.807, 2.05) is 0 Å². The Labute approximate surface area is 155 Å². The number of esters is 1. The molecule has 1 atom stereocenters. The van der Waals surface area contributed by atoms with E-state index < -0.39 is 12.1 Å². The Morgan fingerprint density at radius 3 is 1.79 bits per heavy atom. The molecule has 0 rings (SSSR count). The molecule has 0 spiro atoms. The summed E-state index contributed by atoms with van der Waals surface area (Å²) in [6, 6.07) is 0. The zero-order valence-corrected chi connectivity index (χ0v) is 16.9. The summed E-state index contributed by atoms with van der Waals surface area (Å²) in [4.78, 5) is 11.5. The Hall–Kier alpha value is -0.580. The molecule has 1 unspecified atom stereocenters. The van der Waals surface area contributed by atoms with Crippen LogP contribution in [-0.4, -0.2) is 54.4 Å². The summed E-state index contributed by atoms with van der Waals surface area (Å²) in [5.74, 6) is -0.419. The highest BCUT2D eigenvalue weighted by Crippen LogP contribution is 2.16. The topological polar surface area (TPSA) is 46.5 Å². The second-order valence-electron chi connectivity index (χ2n) is 6.79. The van der Waals surface area contributed by atoms with Crippen molar-refractivity contribution in [3.05, 3.63) is 12.2 Å². The van der Waals surface area contributed by atoms with Crippen LogP contribution in [0.25, 0.3) is 0 Å². The van der Waals surface area contributed by atoms with Crippen molar-refractivity contribution >= 4 is 5.97 Å². The number of aliphatic hydroxyl groups excluding tert-OH is 1. The van der Waals surface area contributed by atoms with E-state index in [2.05, 4.69) is 27.4 Å². The van der Waals surface area contributed by atoms with Crippen molar-refractivity contribution in [1.29, 1.82) is 0 Å². The second-order valence-corrected chi connectivity index (χ2v) is 6.79. The molecule has 0 aliphatic rings. The van der Waals surface area contributed by atoms with Crippen molar-refractivity contribution in [2.24, 2.45) is 0 Å². The van der Waals surface area contributed by atoms with E-state index in [-0.39, 0.29) is 19.0 Å². The number of hydrogen-bond acceptors (Lipinski definition) is 3. The predicted molar refractivity (Wildman–Crippen MR) is 96.2 cm³/mol. The number of ether oxygens (including phenoxy) is 1. The molecule has 4 nitrogen and oxygen atoms in total. The fourth-order valence-electron chi connectivity index (χ4n) is 2.88. The van der Waals surface area contributed by atoms with Crippen LogP contribution < -0.4 is 12.4 Å². The molecule has 0 amide bonds. The Morgan fingerprint density at radius 1 is 1.04 bits per heavy atom. The molecule has 144 valence electrons. The van der Waals surface area contributed by atoms with Gasteiger partial charge >= 0.3 is 5.97 Å². The fraction of sp³-hybridized carbons (Fsp3) is 0.842. The monoisotopic (exact) mass is 363 g/mol. The first-order valence-electron chi connectivity index (χ1n) is 9.26. The molecule has 0 aliphatic carbocycles. The smallest absolute Gasteiger partial charge is 0.333 e. The SMILES string of the molecule is C=C(C)C(=O)OCC(O)C[N+](CCCC)(CCCC)CCCC.[Cl-]. The minimum Gasteiger partial charge on any atom is -1.00 e. The van der Waals surface area contributed by atoms with E-state index in [9.17, 15) is 9.90 Å². The van der Waals surface area contributed by atoms with E-state index in [1.54, 1.807) is 6.92 Å². The first-order valence-corrected chi connectivity index (χ1v) is 9.26. The van der Waals surface area contributed by atoms with Crippen molar-refractivity contribution in [2.75, 3.05) is 32.8 Å². The van der Waals surface area contributed by atoms with Crippen LogP contribution in [-0.2, 0) is 9.53 Å². The van der Waals surface area contributed by atoms with Crippen LogP contribution in [0.2, 0.25) is 0 Å². The molecule has 1 N–H and O–H groups in total. The van der Waals surface area contributed by atoms with Crippen LogP contribution in [0, 0.1) is 0 Å². The lowest BCUT2D eigenvalue weighted by Gasteiger charge is -2.40. The molecule has 0 aromatic carbocycles. The predicted octanol–water partition coefficient (Wildman–Crippen LogP) is 0.688. The minimum atomic E-state index is -0.608. The lowest BCUT2D eigenvalue weighted by Crippen LogP contribution is -3.00. The van der Waals surface area contributed by atoms with Gasteiger partial charge in [0.1, 0.15) is 19.3 Å². The Balaban J connectivity index is 0. The molecule has 0 aromatic rings. The third-order valence-corrected chi connectivity index (χ3v) is 4.31. The van der Waals surface area contributed by atoms with Gasteiger partial charge in [0.2, 0.25) is 0 Å². The maximum absolute atomic E-state index is 11.5. The first-order chi connectivity index (χ1) is 10.9. The van der Waals surface area contributed by atoms with Crippen LogP contribution >= 0.6 is 0 Å². The average Bonchev–Trinajstić information content (AvgIpc) is 2.53. The molecular formula is C19H38ClNO3. The summed E-state index contributed by atoms with van der Waals surface area (Å²) in [6.45, 7) is 15.8. The molecule has 0 fully saturated rings. The van der Waals surface area contributed by atoms with Crippen LogP contribution in [0.1, 0.15) is 66.2 Å². The number of halogens is 1. The number of aliphatic hydroxyl groups is 1. The summed E-state index contributed by atoms with van der Waals surface area (Å²) in [6.07, 6.45) is 6.41. The normalized spacial score (nSPS) is 12.4. The first kappa shape index (κ1) is 25.7. The highest BCUT2D eigenvalue weighted by molar-refractivity contribution is 5.86. The van der Waals surface area contributed by atoms with Crippen molar-refractivity contribution in [1.82, 2.24) is 0 Å². The van der Waals surface area contributed by atoms with E-state index in [0.717, 1.165) is 24.1 Å². The Morgan fingerprint density at radius 2 is 1.46 bits per heavy atom. The fourth-order valence-corrected chi connectivity index (χ4v) is 2.88. The summed E-state index contributed by atoms with van der Waals surface area (Å²) in [5, 5.41) is 10.4. The number of nitrogens with zero attached hydrogens (tertiary/aromatic N) is 1. The quantitative estimate of drug-likeness (QED) is 0.280. The maximum atomic E-state index is 11.5. The average molecular weight is 364 g/mol.